The summed E-state index contributed by atoms with van der Waals surface area (Å²) in [4.78, 5) is 0. The first kappa shape index (κ1) is 13.4. The van der Waals surface area contributed by atoms with E-state index in [0.29, 0.717) is 6.04 Å². The van der Waals surface area contributed by atoms with Gasteiger partial charge < -0.3 is 14.8 Å². The molecule has 1 heterocycles. The molecule has 0 aromatic heterocycles. The van der Waals surface area contributed by atoms with E-state index in [0.717, 1.165) is 31.4 Å². The van der Waals surface area contributed by atoms with Gasteiger partial charge in [-0.1, -0.05) is 18.2 Å². The molecule has 3 heteroatoms. The predicted molar refractivity (Wildman–Crippen MR) is 73.0 cm³/mol. The lowest BCUT2D eigenvalue weighted by Crippen LogP contribution is -2.29. The van der Waals surface area contributed by atoms with Crippen LogP contribution in [0.25, 0.3) is 0 Å². The highest BCUT2D eigenvalue weighted by molar-refractivity contribution is 5.35. The van der Waals surface area contributed by atoms with Gasteiger partial charge >= 0.3 is 0 Å². The number of ether oxygens (including phenoxy) is 2. The Morgan fingerprint density at radius 1 is 1.33 bits per heavy atom. The van der Waals surface area contributed by atoms with Gasteiger partial charge in [0.05, 0.1) is 7.11 Å². The number of rotatable bonds is 5. The van der Waals surface area contributed by atoms with E-state index >= 15 is 0 Å². The summed E-state index contributed by atoms with van der Waals surface area (Å²) in [5, 5.41) is 3.61. The van der Waals surface area contributed by atoms with E-state index < -0.39 is 0 Å². The lowest BCUT2D eigenvalue weighted by molar-refractivity contribution is 0.0656. The quantitative estimate of drug-likeness (QED) is 0.870. The molecule has 0 bridgehead atoms. The summed E-state index contributed by atoms with van der Waals surface area (Å²) in [5.41, 5.74) is 1.23. The number of nitrogens with one attached hydrogen (secondary N) is 1. The molecule has 1 aromatic carbocycles. The largest absolute Gasteiger partial charge is 0.496 e. The maximum atomic E-state index is 5.40. The minimum Gasteiger partial charge on any atom is -0.496 e. The maximum Gasteiger partial charge on any atom is 0.123 e. The normalized spacial score (nSPS) is 18.6. The van der Waals surface area contributed by atoms with Crippen LogP contribution < -0.4 is 10.1 Å². The Morgan fingerprint density at radius 3 is 2.78 bits per heavy atom. The molecule has 1 saturated heterocycles. The van der Waals surface area contributed by atoms with E-state index in [9.17, 15) is 0 Å². The van der Waals surface area contributed by atoms with Crippen molar-refractivity contribution in [2.24, 2.45) is 5.92 Å². The molecule has 3 nitrogen and oxygen atoms in total. The molecule has 0 radical (unpaired) electrons. The number of para-hydroxylation sites is 1. The van der Waals surface area contributed by atoms with Crippen LogP contribution in [0.3, 0.4) is 0 Å². The number of hydrogen-bond acceptors (Lipinski definition) is 3. The first-order valence-corrected chi connectivity index (χ1v) is 6.75. The fourth-order valence-corrected chi connectivity index (χ4v) is 2.43. The van der Waals surface area contributed by atoms with Crippen LogP contribution in [0.1, 0.15) is 31.4 Å². The van der Waals surface area contributed by atoms with Crippen molar-refractivity contribution in [1.82, 2.24) is 5.32 Å². The monoisotopic (exact) mass is 249 g/mol. The maximum absolute atomic E-state index is 5.40. The summed E-state index contributed by atoms with van der Waals surface area (Å²) in [7, 11) is 1.73. The topological polar surface area (TPSA) is 30.5 Å². The fourth-order valence-electron chi connectivity index (χ4n) is 2.43. The number of methoxy groups -OCH3 is 1. The van der Waals surface area contributed by atoms with E-state index in [-0.39, 0.29) is 0 Å². The summed E-state index contributed by atoms with van der Waals surface area (Å²) in [5.74, 6) is 1.71. The van der Waals surface area contributed by atoms with Crippen molar-refractivity contribution < 1.29 is 9.47 Å². The second-order valence-corrected chi connectivity index (χ2v) is 4.93. The molecule has 0 amide bonds. The highest BCUT2D eigenvalue weighted by atomic mass is 16.5. The van der Waals surface area contributed by atoms with E-state index in [4.69, 9.17) is 9.47 Å². The summed E-state index contributed by atoms with van der Waals surface area (Å²) in [6.45, 7) is 5.07. The molecule has 0 unspecified atom stereocenters. The Balaban J connectivity index is 1.88. The van der Waals surface area contributed by atoms with Gasteiger partial charge in [-0.25, -0.2) is 0 Å². The van der Waals surface area contributed by atoms with Gasteiger partial charge in [-0.3, -0.25) is 0 Å². The van der Waals surface area contributed by atoms with E-state index in [1.807, 2.05) is 12.1 Å². The van der Waals surface area contributed by atoms with Crippen molar-refractivity contribution in [2.75, 3.05) is 26.9 Å². The second-order valence-electron chi connectivity index (χ2n) is 4.93. The second kappa shape index (κ2) is 6.76. The van der Waals surface area contributed by atoms with Crippen molar-refractivity contribution in [2.45, 2.75) is 25.8 Å². The highest BCUT2D eigenvalue weighted by Gasteiger charge is 2.16. The third kappa shape index (κ3) is 3.47. The minimum atomic E-state index is 0.323. The van der Waals surface area contributed by atoms with Crippen molar-refractivity contribution >= 4 is 0 Å². The van der Waals surface area contributed by atoms with Gasteiger partial charge in [-0.15, -0.1) is 0 Å². The first-order valence-electron chi connectivity index (χ1n) is 6.75. The molecular formula is C15H23NO2. The Bertz CT molecular complexity index is 361. The Hall–Kier alpha value is -1.06. The van der Waals surface area contributed by atoms with Crippen molar-refractivity contribution in [3.8, 4) is 5.75 Å². The highest BCUT2D eigenvalue weighted by Crippen LogP contribution is 2.25. The third-order valence-corrected chi connectivity index (χ3v) is 3.66. The van der Waals surface area contributed by atoms with Gasteiger partial charge in [0.2, 0.25) is 0 Å². The zero-order valence-electron chi connectivity index (χ0n) is 11.3. The molecule has 1 aliphatic heterocycles. The van der Waals surface area contributed by atoms with Gasteiger partial charge in [0.25, 0.3) is 0 Å². The van der Waals surface area contributed by atoms with Gasteiger partial charge in [0.15, 0.2) is 0 Å². The number of hydrogen-bond donors (Lipinski definition) is 1. The Morgan fingerprint density at radius 2 is 2.06 bits per heavy atom. The third-order valence-electron chi connectivity index (χ3n) is 3.66. The standard InChI is InChI=1S/C15H23NO2/c1-12(14-5-3-4-6-15(14)17-2)16-11-13-7-9-18-10-8-13/h3-6,12-13,16H,7-11H2,1-2H3/t12-/m1/s1. The van der Waals surface area contributed by atoms with Crippen LogP contribution in [-0.2, 0) is 4.74 Å². The first-order chi connectivity index (χ1) is 8.81. The van der Waals surface area contributed by atoms with Crippen LogP contribution in [0.15, 0.2) is 24.3 Å². The Labute approximate surface area is 109 Å². The van der Waals surface area contributed by atoms with E-state index in [2.05, 4.69) is 24.4 Å². The van der Waals surface area contributed by atoms with Crippen LogP contribution >= 0.6 is 0 Å². The molecule has 0 saturated carbocycles. The molecule has 1 aliphatic rings. The molecule has 18 heavy (non-hydrogen) atoms. The summed E-state index contributed by atoms with van der Waals surface area (Å²) < 4.78 is 10.8. The molecule has 0 spiro atoms. The molecule has 1 N–H and O–H groups in total. The molecule has 2 rings (SSSR count). The fraction of sp³-hybridized carbons (Fsp3) is 0.600. The van der Waals surface area contributed by atoms with E-state index in [1.54, 1.807) is 7.11 Å². The molecular weight excluding hydrogens is 226 g/mol. The van der Waals surface area contributed by atoms with E-state index in [1.165, 1.54) is 18.4 Å². The van der Waals surface area contributed by atoms with Crippen LogP contribution in [0, 0.1) is 5.92 Å². The van der Waals surface area contributed by atoms with Gasteiger partial charge in [-0.05, 0) is 38.3 Å². The lowest BCUT2D eigenvalue weighted by Gasteiger charge is -2.25. The molecule has 0 aliphatic carbocycles. The lowest BCUT2D eigenvalue weighted by atomic mass is 9.99. The summed E-state index contributed by atoms with van der Waals surface area (Å²) >= 11 is 0. The van der Waals surface area contributed by atoms with Gasteiger partial charge in [0, 0.05) is 24.8 Å². The van der Waals surface area contributed by atoms with Crippen LogP contribution in [0.5, 0.6) is 5.75 Å². The SMILES string of the molecule is COc1ccccc1[C@@H](C)NCC1CCOCC1. The van der Waals surface area contributed by atoms with Crippen LogP contribution in [0.4, 0.5) is 0 Å². The average molecular weight is 249 g/mol. The predicted octanol–water partition coefficient (Wildman–Crippen LogP) is 2.77. The zero-order valence-corrected chi connectivity index (χ0v) is 11.3. The van der Waals surface area contributed by atoms with Gasteiger partial charge in [0.1, 0.15) is 5.75 Å². The van der Waals surface area contributed by atoms with Crippen molar-refractivity contribution in [3.05, 3.63) is 29.8 Å². The van der Waals surface area contributed by atoms with Crippen molar-refractivity contribution in [3.63, 3.8) is 0 Å². The van der Waals surface area contributed by atoms with Crippen LogP contribution in [-0.4, -0.2) is 26.9 Å². The van der Waals surface area contributed by atoms with Gasteiger partial charge in [-0.2, -0.15) is 0 Å². The zero-order chi connectivity index (χ0) is 12.8. The smallest absolute Gasteiger partial charge is 0.123 e. The Kier molecular flexibility index (Phi) is 5.02. The minimum absolute atomic E-state index is 0.323. The summed E-state index contributed by atoms with van der Waals surface area (Å²) in [6, 6.07) is 8.53. The van der Waals surface area contributed by atoms with Crippen LogP contribution in [0.2, 0.25) is 0 Å². The summed E-state index contributed by atoms with van der Waals surface area (Å²) in [6.07, 6.45) is 2.34. The molecule has 1 aromatic rings. The average Bonchev–Trinajstić information content (AvgIpc) is 2.45. The molecule has 1 atom stereocenters. The number of benzene rings is 1. The molecule has 100 valence electrons. The van der Waals surface area contributed by atoms with Crippen molar-refractivity contribution in [1.29, 1.82) is 0 Å². The molecule has 1 fully saturated rings.